The van der Waals surface area contributed by atoms with Crippen LogP contribution < -0.4 is 20.3 Å². The third-order valence-electron chi connectivity index (χ3n) is 5.23. The van der Waals surface area contributed by atoms with Crippen LogP contribution in [0.1, 0.15) is 29.6 Å². The van der Waals surface area contributed by atoms with Crippen molar-refractivity contribution in [2.24, 2.45) is 0 Å². The Balaban J connectivity index is 1.42. The van der Waals surface area contributed by atoms with Gasteiger partial charge in [-0.25, -0.2) is 12.8 Å². The molecule has 2 aliphatic heterocycles. The molecule has 170 valence electrons. The molecule has 0 saturated carbocycles. The zero-order chi connectivity index (χ0) is 22.7. The fraction of sp³-hybridized carbons (Fsp3) is 0.333. The summed E-state index contributed by atoms with van der Waals surface area (Å²) in [5.74, 6) is -1.49. The van der Waals surface area contributed by atoms with E-state index in [2.05, 4.69) is 10.9 Å². The van der Waals surface area contributed by atoms with Crippen molar-refractivity contribution in [3.63, 3.8) is 0 Å². The van der Waals surface area contributed by atoms with Gasteiger partial charge >= 0.3 is 0 Å². The van der Waals surface area contributed by atoms with Crippen LogP contribution >= 0.6 is 0 Å². The summed E-state index contributed by atoms with van der Waals surface area (Å²) < 4.78 is 52.2. The van der Waals surface area contributed by atoms with E-state index in [4.69, 9.17) is 9.47 Å². The molecular formula is C21H22FN3O6S. The lowest BCUT2D eigenvalue weighted by molar-refractivity contribution is -0.131. The number of amides is 2. The molecule has 2 N–H and O–H groups in total. The fourth-order valence-electron chi connectivity index (χ4n) is 3.51. The SMILES string of the molecule is O=C(NNC(=O)C1COc2ccccc2O1)c1ccc(F)c(S(=O)(=O)N2CCCCC2)c1. The summed E-state index contributed by atoms with van der Waals surface area (Å²) in [5, 5.41) is 0. The summed E-state index contributed by atoms with van der Waals surface area (Å²) >= 11 is 0. The number of nitrogens with one attached hydrogen (secondary N) is 2. The summed E-state index contributed by atoms with van der Waals surface area (Å²) in [4.78, 5) is 24.2. The number of carbonyl (C=O) groups excluding carboxylic acids is 2. The number of halogens is 1. The van der Waals surface area contributed by atoms with Crippen LogP contribution in [-0.4, -0.2) is 50.3 Å². The van der Waals surface area contributed by atoms with Gasteiger partial charge in [0.05, 0.1) is 0 Å². The van der Waals surface area contributed by atoms with E-state index in [0.29, 0.717) is 37.4 Å². The molecule has 2 amide bonds. The molecule has 4 rings (SSSR count). The molecule has 9 nitrogen and oxygen atoms in total. The van der Waals surface area contributed by atoms with Gasteiger partial charge in [0.2, 0.25) is 16.1 Å². The molecule has 0 aliphatic carbocycles. The number of fused-ring (bicyclic) bond motifs is 1. The van der Waals surface area contributed by atoms with Crippen LogP contribution in [0, 0.1) is 5.82 Å². The highest BCUT2D eigenvalue weighted by Gasteiger charge is 2.30. The summed E-state index contributed by atoms with van der Waals surface area (Å²) in [7, 11) is -4.07. The highest BCUT2D eigenvalue weighted by atomic mass is 32.2. The molecule has 2 heterocycles. The first kappa shape index (κ1) is 22.0. The second-order valence-corrected chi connectivity index (χ2v) is 9.32. The van der Waals surface area contributed by atoms with Crippen LogP contribution in [0.4, 0.5) is 4.39 Å². The molecule has 32 heavy (non-hydrogen) atoms. The van der Waals surface area contributed by atoms with Gasteiger partial charge in [0.25, 0.3) is 11.8 Å². The summed E-state index contributed by atoms with van der Waals surface area (Å²) in [5.41, 5.74) is 4.30. The maximum Gasteiger partial charge on any atom is 0.283 e. The molecule has 1 atom stereocenters. The van der Waals surface area contributed by atoms with Gasteiger partial charge in [0.1, 0.15) is 17.3 Å². The van der Waals surface area contributed by atoms with Crippen LogP contribution in [0.5, 0.6) is 11.5 Å². The average molecular weight is 463 g/mol. The zero-order valence-corrected chi connectivity index (χ0v) is 17.9. The molecule has 1 unspecified atom stereocenters. The largest absolute Gasteiger partial charge is 0.485 e. The standard InChI is InChI=1S/C21H22FN3O6S/c22-15-9-8-14(12-19(15)32(28,29)25-10-4-1-5-11-25)20(26)23-24-21(27)18-13-30-16-6-2-3-7-17(16)31-18/h2-3,6-9,12,18H,1,4-5,10-11,13H2,(H,23,26)(H,24,27). The van der Waals surface area contributed by atoms with Crippen LogP contribution in [0.3, 0.4) is 0 Å². The van der Waals surface area contributed by atoms with Crippen molar-refractivity contribution < 1.29 is 31.9 Å². The van der Waals surface area contributed by atoms with E-state index in [0.717, 1.165) is 24.6 Å². The van der Waals surface area contributed by atoms with Crippen molar-refractivity contribution in [2.75, 3.05) is 19.7 Å². The Labute approximate surface area is 184 Å². The molecular weight excluding hydrogens is 441 g/mol. The lowest BCUT2D eigenvalue weighted by atomic mass is 10.2. The van der Waals surface area contributed by atoms with Crippen molar-refractivity contribution in [1.29, 1.82) is 0 Å². The Morgan fingerprint density at radius 3 is 2.47 bits per heavy atom. The smallest absolute Gasteiger partial charge is 0.283 e. The molecule has 2 aliphatic rings. The zero-order valence-electron chi connectivity index (χ0n) is 17.0. The first-order valence-electron chi connectivity index (χ1n) is 10.1. The highest BCUT2D eigenvalue weighted by molar-refractivity contribution is 7.89. The van der Waals surface area contributed by atoms with Crippen LogP contribution in [0.2, 0.25) is 0 Å². The lowest BCUT2D eigenvalue weighted by Gasteiger charge is -2.26. The van der Waals surface area contributed by atoms with Crippen LogP contribution in [-0.2, 0) is 14.8 Å². The van der Waals surface area contributed by atoms with Crippen molar-refractivity contribution in [3.8, 4) is 11.5 Å². The van der Waals surface area contributed by atoms with Gasteiger partial charge in [-0.3, -0.25) is 20.4 Å². The molecule has 0 radical (unpaired) electrons. The van der Waals surface area contributed by atoms with Crippen LogP contribution in [0.25, 0.3) is 0 Å². The van der Waals surface area contributed by atoms with Crippen molar-refractivity contribution in [3.05, 3.63) is 53.8 Å². The van der Waals surface area contributed by atoms with E-state index in [1.54, 1.807) is 24.3 Å². The lowest BCUT2D eigenvalue weighted by Crippen LogP contribution is -2.50. The van der Waals surface area contributed by atoms with E-state index >= 15 is 0 Å². The number of hydrogen-bond donors (Lipinski definition) is 2. The number of para-hydroxylation sites is 2. The summed E-state index contributed by atoms with van der Waals surface area (Å²) in [6.07, 6.45) is 1.32. The molecule has 2 aromatic rings. The summed E-state index contributed by atoms with van der Waals surface area (Å²) in [6.45, 7) is 0.565. The minimum absolute atomic E-state index is 0.0481. The van der Waals surface area contributed by atoms with E-state index in [-0.39, 0.29) is 12.2 Å². The number of hydrogen-bond acceptors (Lipinski definition) is 6. The number of hydrazine groups is 1. The topological polar surface area (TPSA) is 114 Å². The Hall–Kier alpha value is -3.18. The Kier molecular flexibility index (Phi) is 6.28. The molecule has 1 fully saturated rings. The number of carbonyl (C=O) groups is 2. The van der Waals surface area contributed by atoms with E-state index < -0.39 is 38.7 Å². The maximum absolute atomic E-state index is 14.3. The number of nitrogens with zero attached hydrogens (tertiary/aromatic N) is 1. The molecule has 11 heteroatoms. The quantitative estimate of drug-likeness (QED) is 0.666. The normalized spacial score (nSPS) is 18.6. The Morgan fingerprint density at radius 2 is 1.72 bits per heavy atom. The van der Waals surface area contributed by atoms with Crippen molar-refractivity contribution >= 4 is 21.8 Å². The van der Waals surface area contributed by atoms with Crippen molar-refractivity contribution in [2.45, 2.75) is 30.3 Å². The first-order valence-corrected chi connectivity index (χ1v) is 11.6. The van der Waals surface area contributed by atoms with E-state index in [9.17, 15) is 22.4 Å². The van der Waals surface area contributed by atoms with Gasteiger partial charge in [-0.2, -0.15) is 4.31 Å². The number of benzene rings is 2. The van der Waals surface area contributed by atoms with Gasteiger partial charge < -0.3 is 9.47 Å². The molecule has 0 spiro atoms. The fourth-order valence-corrected chi connectivity index (χ4v) is 5.11. The van der Waals surface area contributed by atoms with Gasteiger partial charge in [-0.1, -0.05) is 18.6 Å². The predicted octanol–water partition coefficient (Wildman–Crippen LogP) is 1.60. The average Bonchev–Trinajstić information content (AvgIpc) is 2.82. The first-order chi connectivity index (χ1) is 15.4. The predicted molar refractivity (Wildman–Crippen MR) is 111 cm³/mol. The van der Waals surface area contributed by atoms with E-state index in [1.165, 1.54) is 4.31 Å². The van der Waals surface area contributed by atoms with Crippen LogP contribution in [0.15, 0.2) is 47.4 Å². The third-order valence-corrected chi connectivity index (χ3v) is 7.14. The second-order valence-electron chi connectivity index (χ2n) is 7.42. The number of piperidine rings is 1. The number of sulfonamides is 1. The van der Waals surface area contributed by atoms with Crippen molar-refractivity contribution in [1.82, 2.24) is 15.2 Å². The molecule has 0 bridgehead atoms. The summed E-state index contributed by atoms with van der Waals surface area (Å²) in [6, 6.07) is 9.88. The molecule has 1 saturated heterocycles. The minimum atomic E-state index is -4.07. The Morgan fingerprint density at radius 1 is 1.00 bits per heavy atom. The molecule has 0 aromatic heterocycles. The maximum atomic E-state index is 14.3. The second kappa shape index (κ2) is 9.13. The van der Waals surface area contributed by atoms with E-state index in [1.807, 2.05) is 0 Å². The van der Waals surface area contributed by atoms with Gasteiger partial charge in [0.15, 0.2) is 11.5 Å². The highest BCUT2D eigenvalue weighted by Crippen LogP contribution is 2.30. The third kappa shape index (κ3) is 4.53. The number of ether oxygens (including phenoxy) is 2. The minimum Gasteiger partial charge on any atom is -0.485 e. The monoisotopic (exact) mass is 463 g/mol. The van der Waals surface area contributed by atoms with Gasteiger partial charge in [-0.15, -0.1) is 0 Å². The molecule has 2 aromatic carbocycles. The van der Waals surface area contributed by atoms with Gasteiger partial charge in [-0.05, 0) is 43.2 Å². The van der Waals surface area contributed by atoms with Gasteiger partial charge in [0, 0.05) is 18.7 Å². The number of rotatable bonds is 4. The Bertz CT molecular complexity index is 1130.